The first-order chi connectivity index (χ1) is 14.8. The maximum atomic E-state index is 11.8. The number of benzene rings is 2. The van der Waals surface area contributed by atoms with Crippen LogP contribution in [-0.4, -0.2) is 48.0 Å². The van der Waals surface area contributed by atoms with Gasteiger partial charge in [0, 0.05) is 26.2 Å². The van der Waals surface area contributed by atoms with Crippen LogP contribution in [0, 0.1) is 10.1 Å². The highest BCUT2D eigenvalue weighted by molar-refractivity contribution is 7.19. The van der Waals surface area contributed by atoms with Gasteiger partial charge in [0.05, 0.1) is 26.8 Å². The van der Waals surface area contributed by atoms with E-state index in [1.807, 2.05) is 13.0 Å². The van der Waals surface area contributed by atoms with Gasteiger partial charge in [-0.1, -0.05) is 17.7 Å². The monoisotopic (exact) mass is 461 g/mol. The van der Waals surface area contributed by atoms with Gasteiger partial charge in [0.2, 0.25) is 0 Å². The first kappa shape index (κ1) is 22.5. The van der Waals surface area contributed by atoms with Gasteiger partial charge in [-0.15, -0.1) is 11.3 Å². The van der Waals surface area contributed by atoms with Crippen LogP contribution >= 0.6 is 22.9 Å². The predicted octanol–water partition coefficient (Wildman–Crippen LogP) is 4.89. The molecule has 0 atom stereocenters. The third-order valence-corrected chi connectivity index (χ3v) is 5.45. The van der Waals surface area contributed by atoms with E-state index in [1.54, 1.807) is 38.4 Å². The van der Waals surface area contributed by atoms with Crippen LogP contribution in [0.2, 0.25) is 5.02 Å². The van der Waals surface area contributed by atoms with Crippen LogP contribution in [0.1, 0.15) is 17.5 Å². The summed E-state index contributed by atoms with van der Waals surface area (Å²) < 4.78 is 12.0. The fraction of sp³-hybridized carbons (Fsp3) is 0.238. The summed E-state index contributed by atoms with van der Waals surface area (Å²) in [6.45, 7) is 2.09. The molecule has 1 amide bonds. The van der Waals surface area contributed by atoms with Crippen molar-refractivity contribution in [2.75, 3.05) is 27.3 Å². The molecule has 10 heteroatoms. The number of nitro benzene ring substituents is 1. The standard InChI is InChI=1S/C21H20ClN3O5S/c1-4-29-17-10-13(9-15(22)21(17)30-12-20(26)24(2)3)5-8-19-23-16-7-6-14(25(27)28)11-18(16)31-19/h5-11H,4,12H2,1-3H3/b8-5+. The number of hydrogen-bond donors (Lipinski definition) is 0. The van der Waals surface area contributed by atoms with Crippen LogP contribution in [0.25, 0.3) is 22.4 Å². The zero-order valence-corrected chi connectivity index (χ0v) is 18.7. The van der Waals surface area contributed by atoms with E-state index in [9.17, 15) is 14.9 Å². The molecule has 0 unspecified atom stereocenters. The zero-order valence-electron chi connectivity index (χ0n) is 17.1. The number of amides is 1. The number of halogens is 1. The van der Waals surface area contributed by atoms with Crippen molar-refractivity contribution in [1.82, 2.24) is 9.88 Å². The Labute approximate surface area is 187 Å². The van der Waals surface area contributed by atoms with Crippen LogP contribution < -0.4 is 9.47 Å². The molecule has 0 saturated heterocycles. The molecule has 0 aliphatic carbocycles. The summed E-state index contributed by atoms with van der Waals surface area (Å²) in [7, 11) is 3.29. The SMILES string of the molecule is CCOc1cc(/C=C/c2nc3ccc([N+](=O)[O-])cc3s2)cc(Cl)c1OCC(=O)N(C)C. The average Bonchev–Trinajstić information content (AvgIpc) is 3.13. The van der Waals surface area contributed by atoms with Gasteiger partial charge in [-0.3, -0.25) is 14.9 Å². The molecule has 1 aromatic heterocycles. The fourth-order valence-corrected chi connectivity index (χ4v) is 3.81. The molecule has 2 aromatic carbocycles. The van der Waals surface area contributed by atoms with Gasteiger partial charge in [-0.2, -0.15) is 0 Å². The summed E-state index contributed by atoms with van der Waals surface area (Å²) >= 11 is 7.74. The quantitative estimate of drug-likeness (QED) is 0.350. The minimum absolute atomic E-state index is 0.0307. The van der Waals surface area contributed by atoms with E-state index in [2.05, 4.69) is 4.98 Å². The second-order valence-electron chi connectivity index (χ2n) is 6.63. The van der Waals surface area contributed by atoms with Gasteiger partial charge in [0.1, 0.15) is 5.01 Å². The first-order valence-corrected chi connectivity index (χ1v) is 10.5. The van der Waals surface area contributed by atoms with E-state index >= 15 is 0 Å². The number of non-ortho nitro benzene ring substituents is 1. The Morgan fingerprint density at radius 3 is 2.71 bits per heavy atom. The molecular formula is C21H20ClN3O5S. The largest absolute Gasteiger partial charge is 0.490 e. The minimum atomic E-state index is -0.429. The van der Waals surface area contributed by atoms with Crippen molar-refractivity contribution in [1.29, 1.82) is 0 Å². The lowest BCUT2D eigenvalue weighted by Gasteiger charge is -2.16. The lowest BCUT2D eigenvalue weighted by atomic mass is 10.2. The number of fused-ring (bicyclic) bond motifs is 1. The Bertz CT molecular complexity index is 1160. The first-order valence-electron chi connectivity index (χ1n) is 9.31. The molecule has 162 valence electrons. The summed E-state index contributed by atoms with van der Waals surface area (Å²) in [6, 6.07) is 8.04. The van der Waals surface area contributed by atoms with Crippen LogP contribution in [0.15, 0.2) is 30.3 Å². The van der Waals surface area contributed by atoms with Gasteiger partial charge >= 0.3 is 0 Å². The number of nitro groups is 1. The summed E-state index contributed by atoms with van der Waals surface area (Å²) in [5, 5.41) is 12.0. The predicted molar refractivity (Wildman–Crippen MR) is 122 cm³/mol. The highest BCUT2D eigenvalue weighted by Crippen LogP contribution is 2.37. The van der Waals surface area contributed by atoms with E-state index in [0.29, 0.717) is 33.7 Å². The zero-order chi connectivity index (χ0) is 22.5. The minimum Gasteiger partial charge on any atom is -0.490 e. The second-order valence-corrected chi connectivity index (χ2v) is 8.10. The Hall–Kier alpha value is -3.17. The van der Waals surface area contributed by atoms with Crippen LogP contribution in [-0.2, 0) is 4.79 Å². The molecule has 31 heavy (non-hydrogen) atoms. The molecule has 3 rings (SSSR count). The number of hydrogen-bond acceptors (Lipinski definition) is 7. The lowest BCUT2D eigenvalue weighted by molar-refractivity contribution is -0.384. The van der Waals surface area contributed by atoms with Crippen molar-refractivity contribution in [2.24, 2.45) is 0 Å². The van der Waals surface area contributed by atoms with Crippen molar-refractivity contribution < 1.29 is 19.2 Å². The number of ether oxygens (including phenoxy) is 2. The molecule has 0 aliphatic heterocycles. The van der Waals surface area contributed by atoms with E-state index in [-0.39, 0.29) is 18.2 Å². The number of carbonyl (C=O) groups excluding carboxylic acids is 1. The van der Waals surface area contributed by atoms with Crippen LogP contribution in [0.4, 0.5) is 5.69 Å². The number of aromatic nitrogens is 1. The molecule has 0 bridgehead atoms. The Morgan fingerprint density at radius 1 is 1.26 bits per heavy atom. The summed E-state index contributed by atoms with van der Waals surface area (Å²) in [5.41, 5.74) is 1.48. The third-order valence-electron chi connectivity index (χ3n) is 4.19. The molecule has 0 N–H and O–H groups in total. The second kappa shape index (κ2) is 9.76. The van der Waals surface area contributed by atoms with E-state index < -0.39 is 4.92 Å². The van der Waals surface area contributed by atoms with Gasteiger partial charge in [0.15, 0.2) is 18.1 Å². The number of likely N-dealkylation sites (N-methyl/N-ethyl adjacent to an activating group) is 1. The number of thiazole rings is 1. The molecule has 8 nitrogen and oxygen atoms in total. The van der Waals surface area contributed by atoms with Crippen molar-refractivity contribution in [3.8, 4) is 11.5 Å². The summed E-state index contributed by atoms with van der Waals surface area (Å²) in [5.74, 6) is 0.544. The number of carbonyl (C=O) groups is 1. The molecule has 0 radical (unpaired) electrons. The highest BCUT2D eigenvalue weighted by Gasteiger charge is 2.15. The van der Waals surface area contributed by atoms with E-state index in [4.69, 9.17) is 21.1 Å². The number of rotatable bonds is 8. The lowest BCUT2D eigenvalue weighted by Crippen LogP contribution is -2.27. The highest BCUT2D eigenvalue weighted by atomic mass is 35.5. The molecule has 0 spiro atoms. The van der Waals surface area contributed by atoms with Gasteiger partial charge in [-0.25, -0.2) is 4.98 Å². The topological polar surface area (TPSA) is 94.8 Å². The van der Waals surface area contributed by atoms with E-state index in [0.717, 1.165) is 10.3 Å². The maximum Gasteiger partial charge on any atom is 0.270 e. The Morgan fingerprint density at radius 2 is 2.03 bits per heavy atom. The maximum absolute atomic E-state index is 11.8. The molecule has 0 saturated carbocycles. The third kappa shape index (κ3) is 5.50. The van der Waals surface area contributed by atoms with Crippen LogP contribution in [0.3, 0.4) is 0 Å². The summed E-state index contributed by atoms with van der Waals surface area (Å²) in [6.07, 6.45) is 3.61. The summed E-state index contributed by atoms with van der Waals surface area (Å²) in [4.78, 5) is 28.2. The molecule has 1 heterocycles. The van der Waals surface area contributed by atoms with Crippen molar-refractivity contribution in [3.05, 3.63) is 56.0 Å². The van der Waals surface area contributed by atoms with E-state index in [1.165, 1.54) is 28.4 Å². The Balaban J connectivity index is 1.85. The Kier molecular flexibility index (Phi) is 7.09. The molecule has 3 aromatic rings. The molecular weight excluding hydrogens is 442 g/mol. The van der Waals surface area contributed by atoms with Crippen molar-refractivity contribution in [3.63, 3.8) is 0 Å². The molecule has 0 fully saturated rings. The average molecular weight is 462 g/mol. The van der Waals surface area contributed by atoms with Gasteiger partial charge in [-0.05, 0) is 36.8 Å². The normalized spacial score (nSPS) is 11.1. The van der Waals surface area contributed by atoms with Crippen molar-refractivity contribution >= 4 is 56.9 Å². The van der Waals surface area contributed by atoms with Crippen molar-refractivity contribution in [2.45, 2.75) is 6.92 Å². The van der Waals surface area contributed by atoms with Gasteiger partial charge in [0.25, 0.3) is 11.6 Å². The van der Waals surface area contributed by atoms with Crippen LogP contribution in [0.5, 0.6) is 11.5 Å². The van der Waals surface area contributed by atoms with Gasteiger partial charge < -0.3 is 14.4 Å². The fourth-order valence-electron chi connectivity index (χ4n) is 2.63. The number of nitrogens with zero attached hydrogens (tertiary/aromatic N) is 3. The smallest absolute Gasteiger partial charge is 0.270 e. The molecule has 0 aliphatic rings.